The lowest BCUT2D eigenvalue weighted by atomic mass is 10.2. The minimum absolute atomic E-state index is 0.158. The van der Waals surface area contributed by atoms with Gasteiger partial charge in [-0.3, -0.25) is 15.0 Å². The summed E-state index contributed by atoms with van der Waals surface area (Å²) in [5.74, 6) is 0. The van der Waals surface area contributed by atoms with Crippen molar-refractivity contribution in [2.24, 2.45) is 0 Å². The van der Waals surface area contributed by atoms with Gasteiger partial charge in [-0.2, -0.15) is 5.26 Å². The molecule has 2 rings (SSSR count). The van der Waals surface area contributed by atoms with Crippen molar-refractivity contribution >= 4 is 10.9 Å². The fourth-order valence-corrected chi connectivity index (χ4v) is 1.11. The summed E-state index contributed by atoms with van der Waals surface area (Å²) in [6.45, 7) is 0. The summed E-state index contributed by atoms with van der Waals surface area (Å²) in [5.41, 5.74) is 1.05. The summed E-state index contributed by atoms with van der Waals surface area (Å²) >= 11 is 0. The van der Waals surface area contributed by atoms with E-state index in [4.69, 9.17) is 5.26 Å². The van der Waals surface area contributed by atoms with Crippen molar-refractivity contribution in [1.29, 1.82) is 5.26 Å². The Morgan fingerprint density at radius 2 is 2.17 bits per heavy atom. The Morgan fingerprint density at radius 3 is 2.92 bits per heavy atom. The van der Waals surface area contributed by atoms with E-state index in [2.05, 4.69) is 10.2 Å². The largest absolute Gasteiger partial charge is 0.297 e. The molecule has 58 valence electrons. The smallest absolute Gasteiger partial charge is 0.271 e. The second kappa shape index (κ2) is 2.24. The summed E-state index contributed by atoms with van der Waals surface area (Å²) in [6.07, 6.45) is 0. The van der Waals surface area contributed by atoms with Gasteiger partial charge in [-0.15, -0.1) is 0 Å². The van der Waals surface area contributed by atoms with Crippen LogP contribution < -0.4 is 5.56 Å². The number of nitrogens with zero attached hydrogens (tertiary/aromatic N) is 1. The number of aromatic amines is 2. The number of nitrogens with one attached hydrogen (secondary N) is 2. The average Bonchev–Trinajstić information content (AvgIpc) is 2.47. The summed E-state index contributed by atoms with van der Waals surface area (Å²) in [6, 6.07) is 6.87. The number of fused-ring (bicyclic) bond motifs is 1. The molecule has 2 N–H and O–H groups in total. The van der Waals surface area contributed by atoms with Crippen LogP contribution in [0.3, 0.4) is 0 Å². The molecular formula is C8H5N3O. The zero-order valence-corrected chi connectivity index (χ0v) is 6.09. The van der Waals surface area contributed by atoms with Crippen molar-refractivity contribution in [2.45, 2.75) is 0 Å². The molecule has 4 nitrogen and oxygen atoms in total. The van der Waals surface area contributed by atoms with Crippen LogP contribution in [-0.4, -0.2) is 10.2 Å². The highest BCUT2D eigenvalue weighted by molar-refractivity contribution is 5.78. The highest BCUT2D eigenvalue weighted by Crippen LogP contribution is 2.07. The normalized spacial score (nSPS) is 9.92. The van der Waals surface area contributed by atoms with Crippen LogP contribution >= 0.6 is 0 Å². The van der Waals surface area contributed by atoms with E-state index in [0.717, 1.165) is 0 Å². The quantitative estimate of drug-likeness (QED) is 0.594. The fraction of sp³-hybridized carbons (Fsp3) is 0. The Balaban J connectivity index is 2.89. The Hall–Kier alpha value is -2.02. The molecule has 0 saturated heterocycles. The lowest BCUT2D eigenvalue weighted by Crippen LogP contribution is -1.96. The van der Waals surface area contributed by atoms with E-state index in [-0.39, 0.29) is 5.56 Å². The van der Waals surface area contributed by atoms with Crippen molar-refractivity contribution in [2.75, 3.05) is 0 Å². The van der Waals surface area contributed by atoms with Gasteiger partial charge in [0.25, 0.3) is 5.56 Å². The van der Waals surface area contributed by atoms with Gasteiger partial charge >= 0.3 is 0 Å². The van der Waals surface area contributed by atoms with Gasteiger partial charge in [-0.25, -0.2) is 0 Å². The van der Waals surface area contributed by atoms with Crippen LogP contribution in [0.5, 0.6) is 0 Å². The second-order valence-corrected chi connectivity index (χ2v) is 2.45. The Labute approximate surface area is 67.4 Å². The zero-order valence-electron chi connectivity index (χ0n) is 6.09. The van der Waals surface area contributed by atoms with Crippen molar-refractivity contribution in [3.63, 3.8) is 0 Å². The summed E-state index contributed by atoms with van der Waals surface area (Å²) < 4.78 is 0. The minimum Gasteiger partial charge on any atom is -0.297 e. The van der Waals surface area contributed by atoms with Gasteiger partial charge in [0.15, 0.2) is 0 Å². The summed E-state index contributed by atoms with van der Waals surface area (Å²) in [4.78, 5) is 11.0. The molecule has 12 heavy (non-hydrogen) atoms. The predicted octanol–water partition coefficient (Wildman–Crippen LogP) is 0.728. The van der Waals surface area contributed by atoms with Gasteiger partial charge < -0.3 is 0 Å². The highest BCUT2D eigenvalue weighted by atomic mass is 16.1. The summed E-state index contributed by atoms with van der Waals surface area (Å²) in [5, 5.41) is 14.2. The van der Waals surface area contributed by atoms with Gasteiger partial charge in [0.2, 0.25) is 0 Å². The second-order valence-electron chi connectivity index (χ2n) is 2.45. The standard InChI is InChI=1S/C8H5N3O/c9-4-5-1-2-6-7(3-5)10-11-8(6)12/h1-3H,(H2,10,11,12). The van der Waals surface area contributed by atoms with E-state index >= 15 is 0 Å². The van der Waals surface area contributed by atoms with E-state index in [1.807, 2.05) is 6.07 Å². The molecule has 0 amide bonds. The van der Waals surface area contributed by atoms with Crippen LogP contribution in [0.25, 0.3) is 10.9 Å². The van der Waals surface area contributed by atoms with E-state index < -0.39 is 0 Å². The molecule has 1 aromatic carbocycles. The third kappa shape index (κ3) is 0.805. The lowest BCUT2D eigenvalue weighted by molar-refractivity contribution is 1.08. The fourth-order valence-electron chi connectivity index (χ4n) is 1.11. The van der Waals surface area contributed by atoms with Gasteiger partial charge in [0.1, 0.15) is 0 Å². The molecule has 1 heterocycles. The van der Waals surface area contributed by atoms with Crippen molar-refractivity contribution < 1.29 is 0 Å². The molecule has 2 aromatic rings. The number of benzene rings is 1. The predicted molar refractivity (Wildman–Crippen MR) is 43.6 cm³/mol. The Bertz CT molecular complexity index is 515. The van der Waals surface area contributed by atoms with Crippen molar-refractivity contribution in [3.05, 3.63) is 34.1 Å². The minimum atomic E-state index is -0.158. The molecule has 0 bridgehead atoms. The zero-order chi connectivity index (χ0) is 8.55. The van der Waals surface area contributed by atoms with Gasteiger partial charge in [0, 0.05) is 0 Å². The van der Waals surface area contributed by atoms with Crippen LogP contribution in [-0.2, 0) is 0 Å². The Morgan fingerprint density at radius 1 is 1.33 bits per heavy atom. The Kier molecular flexibility index (Phi) is 1.25. The first kappa shape index (κ1) is 6.68. The van der Waals surface area contributed by atoms with Gasteiger partial charge in [-0.05, 0) is 18.2 Å². The first-order valence-electron chi connectivity index (χ1n) is 3.42. The van der Waals surface area contributed by atoms with Crippen LogP contribution in [0.15, 0.2) is 23.0 Å². The molecule has 0 aliphatic rings. The molecular weight excluding hydrogens is 154 g/mol. The van der Waals surface area contributed by atoms with Gasteiger partial charge in [0.05, 0.1) is 22.5 Å². The lowest BCUT2D eigenvalue weighted by Gasteiger charge is -1.86. The average molecular weight is 159 g/mol. The third-order valence-corrected chi connectivity index (χ3v) is 1.70. The maximum Gasteiger partial charge on any atom is 0.271 e. The molecule has 0 aliphatic heterocycles. The molecule has 0 fully saturated rings. The molecule has 4 heteroatoms. The SMILES string of the molecule is N#Cc1ccc2c(=O)[nH][nH]c2c1. The van der Waals surface area contributed by atoms with Crippen LogP contribution in [0.1, 0.15) is 5.56 Å². The van der Waals surface area contributed by atoms with E-state index in [1.54, 1.807) is 18.2 Å². The van der Waals surface area contributed by atoms with Crippen molar-refractivity contribution in [1.82, 2.24) is 10.2 Å². The molecule has 0 spiro atoms. The number of hydrogen-bond acceptors (Lipinski definition) is 2. The third-order valence-electron chi connectivity index (χ3n) is 1.70. The molecule has 0 radical (unpaired) electrons. The first-order valence-corrected chi connectivity index (χ1v) is 3.42. The molecule has 0 unspecified atom stereocenters. The highest BCUT2D eigenvalue weighted by Gasteiger charge is 1.99. The van der Waals surface area contributed by atoms with Crippen LogP contribution in [0.2, 0.25) is 0 Å². The summed E-state index contributed by atoms with van der Waals surface area (Å²) in [7, 11) is 0. The van der Waals surface area contributed by atoms with Crippen LogP contribution in [0, 0.1) is 11.3 Å². The number of rotatable bonds is 0. The molecule has 0 aliphatic carbocycles. The number of aromatic nitrogens is 2. The number of nitriles is 1. The monoisotopic (exact) mass is 159 g/mol. The van der Waals surface area contributed by atoms with E-state index in [1.165, 1.54) is 0 Å². The van der Waals surface area contributed by atoms with E-state index in [0.29, 0.717) is 16.5 Å². The first-order chi connectivity index (χ1) is 5.81. The number of hydrogen-bond donors (Lipinski definition) is 2. The molecule has 1 aromatic heterocycles. The molecule has 0 saturated carbocycles. The molecule has 0 atom stereocenters. The maximum atomic E-state index is 11.0. The topological polar surface area (TPSA) is 72.4 Å². The van der Waals surface area contributed by atoms with Crippen LogP contribution in [0.4, 0.5) is 0 Å². The van der Waals surface area contributed by atoms with Crippen molar-refractivity contribution in [3.8, 4) is 6.07 Å². The van der Waals surface area contributed by atoms with E-state index in [9.17, 15) is 4.79 Å². The van der Waals surface area contributed by atoms with Gasteiger partial charge in [-0.1, -0.05) is 0 Å². The number of H-pyrrole nitrogens is 2. The maximum absolute atomic E-state index is 11.0.